The van der Waals surface area contributed by atoms with Crippen LogP contribution in [0.2, 0.25) is 0 Å². The zero-order valence-corrected chi connectivity index (χ0v) is 9.30. The van der Waals surface area contributed by atoms with E-state index in [-0.39, 0.29) is 0 Å². The van der Waals surface area contributed by atoms with E-state index < -0.39 is 0 Å². The van der Waals surface area contributed by atoms with Gasteiger partial charge in [0, 0.05) is 22.6 Å². The summed E-state index contributed by atoms with van der Waals surface area (Å²) in [6.07, 6.45) is 2.07. The molecule has 0 saturated carbocycles. The summed E-state index contributed by atoms with van der Waals surface area (Å²) in [6, 6.07) is 4.21. The first-order valence-corrected chi connectivity index (χ1v) is 5.14. The molecule has 0 radical (unpaired) electrons. The van der Waals surface area contributed by atoms with Crippen molar-refractivity contribution >= 4 is 26.8 Å². The molecule has 0 aliphatic carbocycles. The topological polar surface area (TPSA) is 17.8 Å². The van der Waals surface area contributed by atoms with Crippen LogP contribution < -0.4 is 0 Å². The van der Waals surface area contributed by atoms with Crippen LogP contribution >= 0.6 is 15.9 Å². The van der Waals surface area contributed by atoms with Crippen LogP contribution in [0.5, 0.6) is 0 Å². The molecule has 0 amide bonds. The van der Waals surface area contributed by atoms with Gasteiger partial charge >= 0.3 is 0 Å². The third-order valence-electron chi connectivity index (χ3n) is 2.18. The third-order valence-corrected chi connectivity index (χ3v) is 3.18. The summed E-state index contributed by atoms with van der Waals surface area (Å²) < 4.78 is 3.06. The Morgan fingerprint density at radius 3 is 2.92 bits per heavy atom. The third kappa shape index (κ3) is 1.37. The maximum absolute atomic E-state index is 4.46. The van der Waals surface area contributed by atoms with E-state index in [9.17, 15) is 0 Å². The van der Waals surface area contributed by atoms with Crippen molar-refractivity contribution in [1.82, 2.24) is 9.78 Å². The largest absolute Gasteiger partial charge is 0.272 e. The summed E-state index contributed by atoms with van der Waals surface area (Å²) in [7, 11) is 0. The predicted molar refractivity (Wildman–Crippen MR) is 57.8 cm³/mol. The molecule has 1 aromatic heterocycles. The van der Waals surface area contributed by atoms with Crippen LogP contribution in [0.3, 0.4) is 0 Å². The number of aromatic nitrogens is 2. The molecule has 3 heteroatoms. The van der Waals surface area contributed by atoms with Gasteiger partial charge in [-0.3, -0.25) is 4.68 Å². The molecule has 68 valence electrons. The van der Waals surface area contributed by atoms with Crippen LogP contribution in [0.15, 0.2) is 22.8 Å². The summed E-state index contributed by atoms with van der Waals surface area (Å²) in [4.78, 5) is 0. The zero-order chi connectivity index (χ0) is 9.42. The number of nitrogens with zero attached hydrogens (tertiary/aromatic N) is 2. The molecule has 2 aromatic rings. The van der Waals surface area contributed by atoms with Crippen molar-refractivity contribution in [1.29, 1.82) is 0 Å². The number of fused-ring (bicyclic) bond motifs is 1. The SMILES string of the molecule is CCn1cc2ccc(C)c(Br)c2n1. The normalized spacial score (nSPS) is 11.0. The molecule has 0 N–H and O–H groups in total. The second-order valence-electron chi connectivity index (χ2n) is 3.12. The van der Waals surface area contributed by atoms with Crippen molar-refractivity contribution in [2.24, 2.45) is 0 Å². The highest BCUT2D eigenvalue weighted by atomic mass is 79.9. The Balaban J connectivity index is 2.76. The van der Waals surface area contributed by atoms with Crippen molar-refractivity contribution in [3.05, 3.63) is 28.4 Å². The average molecular weight is 239 g/mol. The molecule has 2 nitrogen and oxygen atoms in total. The zero-order valence-electron chi connectivity index (χ0n) is 7.71. The van der Waals surface area contributed by atoms with Crippen LogP contribution in [0, 0.1) is 6.92 Å². The van der Waals surface area contributed by atoms with E-state index >= 15 is 0 Å². The number of hydrogen-bond acceptors (Lipinski definition) is 1. The Labute approximate surface area is 85.7 Å². The van der Waals surface area contributed by atoms with E-state index in [0.29, 0.717) is 0 Å². The van der Waals surface area contributed by atoms with E-state index in [0.717, 1.165) is 16.5 Å². The smallest absolute Gasteiger partial charge is 0.107 e. The van der Waals surface area contributed by atoms with Gasteiger partial charge in [0.1, 0.15) is 5.52 Å². The summed E-state index contributed by atoms with van der Waals surface area (Å²) in [5.74, 6) is 0. The maximum Gasteiger partial charge on any atom is 0.107 e. The van der Waals surface area contributed by atoms with Gasteiger partial charge < -0.3 is 0 Å². The van der Waals surface area contributed by atoms with Crippen LogP contribution in [0.4, 0.5) is 0 Å². The van der Waals surface area contributed by atoms with Gasteiger partial charge in [-0.1, -0.05) is 12.1 Å². The molecule has 0 fully saturated rings. The Morgan fingerprint density at radius 1 is 1.46 bits per heavy atom. The molecule has 0 atom stereocenters. The molecule has 2 rings (SSSR count). The lowest BCUT2D eigenvalue weighted by molar-refractivity contribution is 0.667. The van der Waals surface area contributed by atoms with Crippen LogP contribution in [0.25, 0.3) is 10.9 Å². The number of benzene rings is 1. The fourth-order valence-electron chi connectivity index (χ4n) is 1.37. The number of aryl methyl sites for hydroxylation is 2. The lowest BCUT2D eigenvalue weighted by Crippen LogP contribution is -1.92. The van der Waals surface area contributed by atoms with E-state index in [2.05, 4.69) is 53.2 Å². The van der Waals surface area contributed by atoms with Gasteiger partial charge in [-0.05, 0) is 35.3 Å². The number of rotatable bonds is 1. The van der Waals surface area contributed by atoms with Crippen molar-refractivity contribution < 1.29 is 0 Å². The lowest BCUT2D eigenvalue weighted by Gasteiger charge is -1.96. The van der Waals surface area contributed by atoms with Crippen molar-refractivity contribution in [2.45, 2.75) is 20.4 Å². The number of hydrogen-bond donors (Lipinski definition) is 0. The van der Waals surface area contributed by atoms with Gasteiger partial charge in [-0.2, -0.15) is 5.10 Å². The fourth-order valence-corrected chi connectivity index (χ4v) is 1.81. The second-order valence-corrected chi connectivity index (χ2v) is 3.91. The van der Waals surface area contributed by atoms with Crippen molar-refractivity contribution in [3.8, 4) is 0 Å². The second kappa shape index (κ2) is 3.14. The molecule has 0 unspecified atom stereocenters. The summed E-state index contributed by atoms with van der Waals surface area (Å²) in [5, 5.41) is 5.66. The molecule has 13 heavy (non-hydrogen) atoms. The van der Waals surface area contributed by atoms with Gasteiger partial charge in [-0.15, -0.1) is 0 Å². The molecule has 0 aliphatic heterocycles. The van der Waals surface area contributed by atoms with E-state index in [1.165, 1.54) is 10.9 Å². The summed E-state index contributed by atoms with van der Waals surface area (Å²) >= 11 is 3.55. The molecule has 0 saturated heterocycles. The summed E-state index contributed by atoms with van der Waals surface area (Å²) in [5.41, 5.74) is 2.29. The molecule has 0 bridgehead atoms. The van der Waals surface area contributed by atoms with Crippen molar-refractivity contribution in [3.63, 3.8) is 0 Å². The highest BCUT2D eigenvalue weighted by Crippen LogP contribution is 2.25. The minimum Gasteiger partial charge on any atom is -0.272 e. The molecule has 1 aromatic carbocycles. The fraction of sp³-hybridized carbons (Fsp3) is 0.300. The molecular formula is C10H11BrN2. The first-order chi connectivity index (χ1) is 6.22. The molecule has 1 heterocycles. The average Bonchev–Trinajstić information content (AvgIpc) is 2.55. The lowest BCUT2D eigenvalue weighted by atomic mass is 10.2. The van der Waals surface area contributed by atoms with Gasteiger partial charge in [0.05, 0.1) is 0 Å². The highest BCUT2D eigenvalue weighted by Gasteiger charge is 2.05. The standard InChI is InChI=1S/C10H11BrN2/c1-3-13-6-8-5-4-7(2)9(11)10(8)12-13/h4-6H,3H2,1-2H3. The van der Waals surface area contributed by atoms with Crippen molar-refractivity contribution in [2.75, 3.05) is 0 Å². The van der Waals surface area contributed by atoms with Crippen LogP contribution in [0.1, 0.15) is 12.5 Å². The first kappa shape index (κ1) is 8.75. The quantitative estimate of drug-likeness (QED) is 0.747. The van der Waals surface area contributed by atoms with Gasteiger partial charge in [0.15, 0.2) is 0 Å². The molecule has 0 aliphatic rings. The van der Waals surface area contributed by atoms with E-state index in [1.807, 2.05) is 4.68 Å². The highest BCUT2D eigenvalue weighted by molar-refractivity contribution is 9.10. The van der Waals surface area contributed by atoms with Crippen LogP contribution in [-0.2, 0) is 6.54 Å². The van der Waals surface area contributed by atoms with Gasteiger partial charge in [0.2, 0.25) is 0 Å². The maximum atomic E-state index is 4.46. The minimum absolute atomic E-state index is 0.917. The monoisotopic (exact) mass is 238 g/mol. The van der Waals surface area contributed by atoms with Crippen LogP contribution in [-0.4, -0.2) is 9.78 Å². The Kier molecular flexibility index (Phi) is 2.12. The number of halogens is 1. The minimum atomic E-state index is 0.917. The molecular weight excluding hydrogens is 228 g/mol. The van der Waals surface area contributed by atoms with Gasteiger partial charge in [-0.25, -0.2) is 0 Å². The van der Waals surface area contributed by atoms with E-state index in [1.54, 1.807) is 0 Å². The van der Waals surface area contributed by atoms with Gasteiger partial charge in [0.25, 0.3) is 0 Å². The Bertz CT molecular complexity index is 445. The first-order valence-electron chi connectivity index (χ1n) is 4.34. The Morgan fingerprint density at radius 2 is 2.23 bits per heavy atom. The predicted octanol–water partition coefficient (Wildman–Crippen LogP) is 3.13. The Hall–Kier alpha value is -0.830. The summed E-state index contributed by atoms with van der Waals surface area (Å²) in [6.45, 7) is 5.08. The van der Waals surface area contributed by atoms with E-state index in [4.69, 9.17) is 0 Å². The molecule has 0 spiro atoms.